The molecule has 1 unspecified atom stereocenters. The van der Waals surface area contributed by atoms with E-state index in [9.17, 15) is 4.79 Å². The molecule has 0 aromatic carbocycles. The van der Waals surface area contributed by atoms with Gasteiger partial charge in [0.2, 0.25) is 5.91 Å². The molecule has 0 spiro atoms. The minimum Gasteiger partial charge on any atom is -0.349 e. The Hall–Kier alpha value is -1.36. The molecule has 1 aromatic rings. The van der Waals surface area contributed by atoms with Crippen LogP contribution in [0.15, 0.2) is 12.4 Å². The van der Waals surface area contributed by atoms with Gasteiger partial charge in [-0.1, -0.05) is 0 Å². The normalized spacial score (nSPS) is 18.5. The van der Waals surface area contributed by atoms with Crippen molar-refractivity contribution in [2.75, 3.05) is 13.1 Å². The molecule has 1 amide bonds. The molecule has 18 heavy (non-hydrogen) atoms. The third-order valence-corrected chi connectivity index (χ3v) is 3.64. The fourth-order valence-corrected chi connectivity index (χ4v) is 2.40. The number of amides is 1. The zero-order valence-electron chi connectivity index (χ0n) is 10.9. The standard InChI is InChI=1S/C13H22N4O/c1-10(12-8-15-16-9-12)17-13(18)3-2-11-4-6-14-7-5-11/h8-11,14H,2-7H2,1H3,(H,15,16)(H,17,18). The number of hydrogen-bond acceptors (Lipinski definition) is 3. The van der Waals surface area contributed by atoms with Crippen LogP contribution in [0.25, 0.3) is 0 Å². The van der Waals surface area contributed by atoms with Crippen molar-refractivity contribution in [3.05, 3.63) is 18.0 Å². The van der Waals surface area contributed by atoms with Gasteiger partial charge in [-0.3, -0.25) is 9.89 Å². The Morgan fingerprint density at radius 3 is 3.00 bits per heavy atom. The van der Waals surface area contributed by atoms with Gasteiger partial charge in [-0.05, 0) is 45.2 Å². The first-order chi connectivity index (χ1) is 8.75. The lowest BCUT2D eigenvalue weighted by atomic mass is 9.93. The molecule has 5 heteroatoms. The maximum absolute atomic E-state index is 11.8. The highest BCUT2D eigenvalue weighted by Crippen LogP contribution is 2.18. The van der Waals surface area contributed by atoms with Crippen molar-refractivity contribution in [1.29, 1.82) is 0 Å². The van der Waals surface area contributed by atoms with E-state index in [2.05, 4.69) is 20.8 Å². The molecule has 1 fully saturated rings. The van der Waals surface area contributed by atoms with Crippen LogP contribution in [0.4, 0.5) is 0 Å². The molecule has 1 aromatic heterocycles. The number of carbonyl (C=O) groups excluding carboxylic acids is 1. The molecule has 0 radical (unpaired) electrons. The highest BCUT2D eigenvalue weighted by Gasteiger charge is 2.15. The Labute approximate surface area is 108 Å². The molecule has 0 aliphatic carbocycles. The van der Waals surface area contributed by atoms with Crippen molar-refractivity contribution in [2.24, 2.45) is 5.92 Å². The van der Waals surface area contributed by atoms with Crippen molar-refractivity contribution in [2.45, 2.75) is 38.6 Å². The van der Waals surface area contributed by atoms with Crippen LogP contribution < -0.4 is 10.6 Å². The second kappa shape index (κ2) is 6.54. The first-order valence-electron chi connectivity index (χ1n) is 6.74. The quantitative estimate of drug-likeness (QED) is 0.739. The number of hydrogen-bond donors (Lipinski definition) is 3. The summed E-state index contributed by atoms with van der Waals surface area (Å²) in [7, 11) is 0. The zero-order chi connectivity index (χ0) is 12.8. The fourth-order valence-electron chi connectivity index (χ4n) is 2.40. The summed E-state index contributed by atoms with van der Waals surface area (Å²) in [5, 5.41) is 13.0. The second-order valence-corrected chi connectivity index (χ2v) is 5.05. The molecule has 0 saturated carbocycles. The number of aromatic amines is 1. The molecule has 2 rings (SSSR count). The number of carbonyl (C=O) groups is 1. The highest BCUT2D eigenvalue weighted by atomic mass is 16.1. The summed E-state index contributed by atoms with van der Waals surface area (Å²) < 4.78 is 0. The number of nitrogens with one attached hydrogen (secondary N) is 3. The Bertz CT molecular complexity index is 357. The van der Waals surface area contributed by atoms with E-state index in [1.807, 2.05) is 13.1 Å². The van der Waals surface area contributed by atoms with Crippen molar-refractivity contribution in [3.8, 4) is 0 Å². The molecule has 1 aliphatic heterocycles. The summed E-state index contributed by atoms with van der Waals surface area (Å²) in [6.45, 7) is 4.17. The molecule has 1 aliphatic rings. The molecule has 0 bridgehead atoms. The lowest BCUT2D eigenvalue weighted by molar-refractivity contribution is -0.122. The van der Waals surface area contributed by atoms with E-state index < -0.39 is 0 Å². The second-order valence-electron chi connectivity index (χ2n) is 5.05. The average Bonchev–Trinajstić information content (AvgIpc) is 2.91. The van der Waals surface area contributed by atoms with Gasteiger partial charge in [0.05, 0.1) is 12.2 Å². The number of piperidine rings is 1. The molecule has 3 N–H and O–H groups in total. The van der Waals surface area contributed by atoms with Crippen LogP contribution in [-0.2, 0) is 4.79 Å². The Kier molecular flexibility index (Phi) is 4.75. The molecular weight excluding hydrogens is 228 g/mol. The van der Waals surface area contributed by atoms with Gasteiger partial charge in [0.25, 0.3) is 0 Å². The summed E-state index contributed by atoms with van der Waals surface area (Å²) in [6.07, 6.45) is 7.60. The summed E-state index contributed by atoms with van der Waals surface area (Å²) in [6, 6.07) is 0.0317. The van der Waals surface area contributed by atoms with Gasteiger partial charge in [-0.2, -0.15) is 5.10 Å². The Morgan fingerprint density at radius 1 is 1.56 bits per heavy atom. The lowest BCUT2D eigenvalue weighted by Crippen LogP contribution is -2.30. The number of nitrogens with zero attached hydrogens (tertiary/aromatic N) is 1. The van der Waals surface area contributed by atoms with Gasteiger partial charge in [-0.25, -0.2) is 0 Å². The first kappa shape index (κ1) is 13.1. The third-order valence-electron chi connectivity index (χ3n) is 3.64. The fraction of sp³-hybridized carbons (Fsp3) is 0.692. The van der Waals surface area contributed by atoms with E-state index in [0.29, 0.717) is 12.3 Å². The summed E-state index contributed by atoms with van der Waals surface area (Å²) in [4.78, 5) is 11.8. The van der Waals surface area contributed by atoms with Crippen LogP contribution in [0.2, 0.25) is 0 Å². The van der Waals surface area contributed by atoms with E-state index in [1.54, 1.807) is 6.20 Å². The van der Waals surface area contributed by atoms with E-state index in [4.69, 9.17) is 0 Å². The van der Waals surface area contributed by atoms with Crippen LogP contribution in [0.3, 0.4) is 0 Å². The third kappa shape index (κ3) is 3.84. The van der Waals surface area contributed by atoms with Gasteiger partial charge in [-0.15, -0.1) is 0 Å². The highest BCUT2D eigenvalue weighted by molar-refractivity contribution is 5.76. The van der Waals surface area contributed by atoms with Crippen LogP contribution in [-0.4, -0.2) is 29.2 Å². The Morgan fingerprint density at radius 2 is 2.33 bits per heavy atom. The zero-order valence-corrected chi connectivity index (χ0v) is 10.9. The van der Waals surface area contributed by atoms with E-state index in [1.165, 1.54) is 12.8 Å². The number of H-pyrrole nitrogens is 1. The predicted octanol–water partition coefficient (Wildman–Crippen LogP) is 1.37. The number of aromatic nitrogens is 2. The van der Waals surface area contributed by atoms with Gasteiger partial charge < -0.3 is 10.6 Å². The smallest absolute Gasteiger partial charge is 0.220 e. The average molecular weight is 250 g/mol. The van der Waals surface area contributed by atoms with E-state index >= 15 is 0 Å². The molecule has 1 saturated heterocycles. The molecule has 100 valence electrons. The molecule has 5 nitrogen and oxygen atoms in total. The van der Waals surface area contributed by atoms with Crippen LogP contribution >= 0.6 is 0 Å². The van der Waals surface area contributed by atoms with E-state index in [0.717, 1.165) is 25.1 Å². The van der Waals surface area contributed by atoms with Crippen LogP contribution in [0, 0.1) is 5.92 Å². The van der Waals surface area contributed by atoms with Crippen molar-refractivity contribution in [1.82, 2.24) is 20.8 Å². The summed E-state index contributed by atoms with van der Waals surface area (Å²) >= 11 is 0. The Balaban J connectivity index is 1.68. The predicted molar refractivity (Wildman–Crippen MR) is 70.0 cm³/mol. The SMILES string of the molecule is CC(NC(=O)CCC1CCNCC1)c1cn[nH]c1. The summed E-state index contributed by atoms with van der Waals surface area (Å²) in [5.41, 5.74) is 1.02. The van der Waals surface area contributed by atoms with Crippen LogP contribution in [0.1, 0.15) is 44.2 Å². The molecule has 1 atom stereocenters. The maximum atomic E-state index is 11.8. The summed E-state index contributed by atoms with van der Waals surface area (Å²) in [5.74, 6) is 0.850. The minimum absolute atomic E-state index is 0.0317. The first-order valence-corrected chi connectivity index (χ1v) is 6.74. The lowest BCUT2D eigenvalue weighted by Gasteiger charge is -2.22. The van der Waals surface area contributed by atoms with E-state index in [-0.39, 0.29) is 11.9 Å². The minimum atomic E-state index is 0.0317. The van der Waals surface area contributed by atoms with Gasteiger partial charge in [0.1, 0.15) is 0 Å². The van der Waals surface area contributed by atoms with Crippen molar-refractivity contribution < 1.29 is 4.79 Å². The number of rotatable bonds is 5. The van der Waals surface area contributed by atoms with Crippen LogP contribution in [0.5, 0.6) is 0 Å². The largest absolute Gasteiger partial charge is 0.349 e. The topological polar surface area (TPSA) is 69.8 Å². The molecule has 2 heterocycles. The maximum Gasteiger partial charge on any atom is 0.220 e. The van der Waals surface area contributed by atoms with Gasteiger partial charge in [0.15, 0.2) is 0 Å². The van der Waals surface area contributed by atoms with Gasteiger partial charge in [0, 0.05) is 18.2 Å². The van der Waals surface area contributed by atoms with Crippen molar-refractivity contribution >= 4 is 5.91 Å². The molecular formula is C13H22N4O. The van der Waals surface area contributed by atoms with Crippen molar-refractivity contribution in [3.63, 3.8) is 0 Å². The monoisotopic (exact) mass is 250 g/mol. The van der Waals surface area contributed by atoms with Gasteiger partial charge >= 0.3 is 0 Å².